The zero-order chi connectivity index (χ0) is 13.1. The first-order valence-corrected chi connectivity index (χ1v) is 5.52. The van der Waals surface area contributed by atoms with Gasteiger partial charge in [0.2, 0.25) is 5.88 Å². The minimum Gasteiger partial charge on any atom is -0.437 e. The van der Waals surface area contributed by atoms with Crippen LogP contribution in [0.15, 0.2) is 18.3 Å². The number of nitrogens with one attached hydrogen (secondary N) is 1. The first kappa shape index (κ1) is 12.3. The number of rotatable bonds is 3. The summed E-state index contributed by atoms with van der Waals surface area (Å²) in [5, 5.41) is 0. The van der Waals surface area contributed by atoms with Crippen LogP contribution in [-0.4, -0.2) is 15.0 Å². The van der Waals surface area contributed by atoms with Crippen molar-refractivity contribution in [1.82, 2.24) is 15.0 Å². The lowest BCUT2D eigenvalue weighted by molar-refractivity contribution is 0.453. The number of aryl methyl sites for hydroxylation is 2. The number of nitrogens with two attached hydrogens (primary N) is 1. The average Bonchev–Trinajstić information content (AvgIpc) is 2.36. The van der Waals surface area contributed by atoms with Gasteiger partial charge in [0.05, 0.1) is 11.8 Å². The van der Waals surface area contributed by atoms with E-state index < -0.39 is 0 Å². The van der Waals surface area contributed by atoms with Crippen LogP contribution < -0.4 is 16.0 Å². The Morgan fingerprint density at radius 1 is 1.17 bits per heavy atom. The molecule has 0 aliphatic rings. The molecule has 3 N–H and O–H groups in total. The van der Waals surface area contributed by atoms with Crippen LogP contribution in [0.2, 0.25) is 0 Å². The fraction of sp³-hybridized carbons (Fsp3) is 0.250. The van der Waals surface area contributed by atoms with Gasteiger partial charge in [0.25, 0.3) is 0 Å². The Kier molecular flexibility index (Phi) is 3.38. The van der Waals surface area contributed by atoms with E-state index in [0.717, 1.165) is 11.3 Å². The maximum absolute atomic E-state index is 5.68. The Morgan fingerprint density at radius 2 is 1.94 bits per heavy atom. The summed E-state index contributed by atoms with van der Waals surface area (Å²) in [4.78, 5) is 12.6. The Morgan fingerprint density at radius 3 is 2.56 bits per heavy atom. The number of ether oxygens (including phenoxy) is 1. The summed E-state index contributed by atoms with van der Waals surface area (Å²) >= 11 is 0. The Hall–Kier alpha value is -2.21. The molecule has 0 bridgehead atoms. The van der Waals surface area contributed by atoms with E-state index in [1.54, 1.807) is 13.1 Å². The predicted molar refractivity (Wildman–Crippen MR) is 68.4 cm³/mol. The fourth-order valence-corrected chi connectivity index (χ4v) is 1.47. The molecule has 94 valence electrons. The van der Waals surface area contributed by atoms with E-state index in [9.17, 15) is 0 Å². The highest BCUT2D eigenvalue weighted by molar-refractivity contribution is 5.48. The second-order valence-electron chi connectivity index (χ2n) is 3.93. The quantitative estimate of drug-likeness (QED) is 0.634. The van der Waals surface area contributed by atoms with E-state index in [1.807, 2.05) is 26.0 Å². The number of hydrogen-bond donors (Lipinski definition) is 2. The first-order chi connectivity index (χ1) is 8.60. The van der Waals surface area contributed by atoms with Crippen molar-refractivity contribution >= 4 is 5.82 Å². The van der Waals surface area contributed by atoms with E-state index >= 15 is 0 Å². The number of aromatic nitrogens is 3. The van der Waals surface area contributed by atoms with Crippen LogP contribution in [0.1, 0.15) is 17.1 Å². The maximum atomic E-state index is 5.68. The van der Waals surface area contributed by atoms with Crippen LogP contribution >= 0.6 is 0 Å². The molecule has 0 saturated heterocycles. The van der Waals surface area contributed by atoms with Gasteiger partial charge in [-0.2, -0.15) is 4.98 Å². The van der Waals surface area contributed by atoms with Crippen LogP contribution in [0.3, 0.4) is 0 Å². The first-order valence-electron chi connectivity index (χ1n) is 5.52. The number of pyridine rings is 1. The molecule has 0 fully saturated rings. The van der Waals surface area contributed by atoms with Crippen molar-refractivity contribution in [2.75, 3.05) is 5.43 Å². The number of nitrogen functional groups attached to an aromatic ring is 1. The van der Waals surface area contributed by atoms with Gasteiger partial charge >= 0.3 is 0 Å². The molecule has 0 spiro atoms. The summed E-state index contributed by atoms with van der Waals surface area (Å²) in [5.41, 5.74) is 4.21. The molecule has 6 heteroatoms. The SMILES string of the molecule is Cc1ccc(Oc2nc(C)nc(NN)c2C)cn1. The molecule has 0 unspecified atom stereocenters. The molecule has 0 aromatic carbocycles. The molecule has 2 aromatic rings. The molecule has 0 aliphatic heterocycles. The van der Waals surface area contributed by atoms with Crippen LogP contribution in [0, 0.1) is 20.8 Å². The van der Waals surface area contributed by atoms with Gasteiger partial charge in [0.15, 0.2) is 0 Å². The lowest BCUT2D eigenvalue weighted by Gasteiger charge is -2.11. The van der Waals surface area contributed by atoms with E-state index in [4.69, 9.17) is 10.6 Å². The second-order valence-corrected chi connectivity index (χ2v) is 3.93. The molecule has 0 amide bonds. The molecule has 0 aliphatic carbocycles. The topological polar surface area (TPSA) is 86.0 Å². The van der Waals surface area contributed by atoms with Gasteiger partial charge in [-0.05, 0) is 32.9 Å². The highest BCUT2D eigenvalue weighted by atomic mass is 16.5. The molecule has 18 heavy (non-hydrogen) atoms. The van der Waals surface area contributed by atoms with E-state index in [2.05, 4.69) is 20.4 Å². The molecule has 0 saturated carbocycles. The summed E-state index contributed by atoms with van der Waals surface area (Å²) in [6.45, 7) is 5.53. The number of hydrazine groups is 1. The number of nitrogens with zero attached hydrogens (tertiary/aromatic N) is 3. The van der Waals surface area contributed by atoms with E-state index in [1.165, 1.54) is 0 Å². The lowest BCUT2D eigenvalue weighted by atomic mass is 10.3. The van der Waals surface area contributed by atoms with Crippen molar-refractivity contribution in [2.45, 2.75) is 20.8 Å². The molecule has 0 radical (unpaired) electrons. The average molecular weight is 245 g/mol. The Bertz CT molecular complexity index is 553. The molecule has 2 aromatic heterocycles. The van der Waals surface area contributed by atoms with Crippen molar-refractivity contribution < 1.29 is 4.74 Å². The molecular formula is C12H15N5O. The second kappa shape index (κ2) is 4.97. The third kappa shape index (κ3) is 2.54. The van der Waals surface area contributed by atoms with Crippen molar-refractivity contribution in [3.8, 4) is 11.6 Å². The highest BCUT2D eigenvalue weighted by Gasteiger charge is 2.10. The van der Waals surface area contributed by atoms with Crippen LogP contribution in [0.25, 0.3) is 0 Å². The van der Waals surface area contributed by atoms with Gasteiger partial charge in [0, 0.05) is 5.69 Å². The smallest absolute Gasteiger partial charge is 0.227 e. The molecule has 6 nitrogen and oxygen atoms in total. The third-order valence-corrected chi connectivity index (χ3v) is 2.45. The molecule has 0 atom stereocenters. The standard InChI is InChI=1S/C12H15N5O/c1-7-4-5-10(6-14-7)18-12-8(2)11(17-13)15-9(3)16-12/h4-6H,13H2,1-3H3,(H,15,16,17). The summed E-state index contributed by atoms with van der Waals surface area (Å²) in [7, 11) is 0. The predicted octanol–water partition coefficient (Wildman–Crippen LogP) is 1.87. The third-order valence-electron chi connectivity index (χ3n) is 2.45. The Balaban J connectivity index is 2.34. The van der Waals surface area contributed by atoms with E-state index in [-0.39, 0.29) is 0 Å². The van der Waals surface area contributed by atoms with Crippen molar-refractivity contribution in [3.05, 3.63) is 35.4 Å². The summed E-state index contributed by atoms with van der Waals surface area (Å²) in [5.74, 6) is 7.64. The van der Waals surface area contributed by atoms with E-state index in [0.29, 0.717) is 23.3 Å². The molecule has 2 rings (SSSR count). The van der Waals surface area contributed by atoms with Crippen molar-refractivity contribution in [1.29, 1.82) is 0 Å². The van der Waals surface area contributed by atoms with Gasteiger partial charge < -0.3 is 10.2 Å². The van der Waals surface area contributed by atoms with Gasteiger partial charge in [-0.25, -0.2) is 10.8 Å². The zero-order valence-corrected chi connectivity index (χ0v) is 10.6. The van der Waals surface area contributed by atoms with Gasteiger partial charge in [-0.15, -0.1) is 0 Å². The summed E-state index contributed by atoms with van der Waals surface area (Å²) in [6, 6.07) is 3.72. The van der Waals surface area contributed by atoms with Gasteiger partial charge in [-0.1, -0.05) is 0 Å². The largest absolute Gasteiger partial charge is 0.437 e. The minimum absolute atomic E-state index is 0.473. The number of anilines is 1. The van der Waals surface area contributed by atoms with Crippen LogP contribution in [-0.2, 0) is 0 Å². The fourth-order valence-electron chi connectivity index (χ4n) is 1.47. The molecule has 2 heterocycles. The number of hydrogen-bond acceptors (Lipinski definition) is 6. The van der Waals surface area contributed by atoms with Gasteiger partial charge in [0.1, 0.15) is 17.4 Å². The maximum Gasteiger partial charge on any atom is 0.227 e. The van der Waals surface area contributed by atoms with Crippen molar-refractivity contribution in [2.24, 2.45) is 5.84 Å². The normalized spacial score (nSPS) is 10.2. The molecular weight excluding hydrogens is 230 g/mol. The van der Waals surface area contributed by atoms with Crippen molar-refractivity contribution in [3.63, 3.8) is 0 Å². The zero-order valence-electron chi connectivity index (χ0n) is 10.6. The monoisotopic (exact) mass is 245 g/mol. The highest BCUT2D eigenvalue weighted by Crippen LogP contribution is 2.26. The summed E-state index contributed by atoms with van der Waals surface area (Å²) < 4.78 is 5.68. The lowest BCUT2D eigenvalue weighted by Crippen LogP contribution is -2.12. The van der Waals surface area contributed by atoms with Gasteiger partial charge in [-0.3, -0.25) is 4.98 Å². The van der Waals surface area contributed by atoms with Crippen LogP contribution in [0.4, 0.5) is 5.82 Å². The minimum atomic E-state index is 0.473. The Labute approximate surface area is 105 Å². The van der Waals surface area contributed by atoms with Crippen LogP contribution in [0.5, 0.6) is 11.6 Å². The summed E-state index contributed by atoms with van der Waals surface area (Å²) in [6.07, 6.45) is 1.65.